The average molecular weight is 279 g/mol. The normalized spacial score (nSPS) is 12.3. The van der Waals surface area contributed by atoms with Gasteiger partial charge in [0.25, 0.3) is 0 Å². The molecule has 1 aromatic carbocycles. The molecule has 0 aliphatic rings. The van der Waals surface area contributed by atoms with Crippen molar-refractivity contribution in [2.45, 2.75) is 40.2 Å². The second-order valence-corrected chi connectivity index (χ2v) is 5.54. The van der Waals surface area contributed by atoms with Gasteiger partial charge in [0.15, 0.2) is 0 Å². The molecule has 0 fully saturated rings. The molecular weight excluding hydrogens is 254 g/mol. The van der Waals surface area contributed by atoms with E-state index in [1.807, 2.05) is 39.8 Å². The number of carbonyl (C=O) groups is 1. The Kier molecular flexibility index (Phi) is 6.52. The maximum Gasteiger partial charge on any atom is 0.223 e. The Balaban J connectivity index is 2.28. The molecule has 4 heteroatoms. The van der Waals surface area contributed by atoms with Gasteiger partial charge in [0.2, 0.25) is 5.91 Å². The first kappa shape index (κ1) is 16.5. The first-order chi connectivity index (χ1) is 9.38. The zero-order valence-electron chi connectivity index (χ0n) is 12.8. The smallest absolute Gasteiger partial charge is 0.223 e. The monoisotopic (exact) mass is 279 g/mol. The minimum absolute atomic E-state index is 0.103. The molecule has 20 heavy (non-hydrogen) atoms. The maximum atomic E-state index is 11.6. The predicted molar refractivity (Wildman–Crippen MR) is 79.9 cm³/mol. The van der Waals surface area contributed by atoms with Gasteiger partial charge in [0.05, 0.1) is 19.1 Å². The van der Waals surface area contributed by atoms with E-state index < -0.39 is 6.10 Å². The molecule has 4 nitrogen and oxygen atoms in total. The number of aliphatic hydroxyl groups excluding tert-OH is 1. The Morgan fingerprint density at radius 2 is 1.85 bits per heavy atom. The van der Waals surface area contributed by atoms with E-state index in [0.717, 1.165) is 16.9 Å². The highest BCUT2D eigenvalue weighted by atomic mass is 16.5. The number of hydrogen-bond donors (Lipinski definition) is 2. The van der Waals surface area contributed by atoms with Gasteiger partial charge in [-0.2, -0.15) is 0 Å². The summed E-state index contributed by atoms with van der Waals surface area (Å²) in [6.45, 7) is 8.49. The van der Waals surface area contributed by atoms with Crippen LogP contribution in [0.1, 0.15) is 31.4 Å². The van der Waals surface area contributed by atoms with Crippen LogP contribution in [-0.4, -0.2) is 30.3 Å². The summed E-state index contributed by atoms with van der Waals surface area (Å²) in [6.07, 6.45) is -0.211. The van der Waals surface area contributed by atoms with Crippen LogP contribution in [0.25, 0.3) is 0 Å². The van der Waals surface area contributed by atoms with Crippen LogP contribution in [-0.2, 0) is 4.79 Å². The Morgan fingerprint density at radius 1 is 1.25 bits per heavy atom. The van der Waals surface area contributed by atoms with Crippen LogP contribution in [0.3, 0.4) is 0 Å². The number of ether oxygens (including phenoxy) is 1. The summed E-state index contributed by atoms with van der Waals surface area (Å²) in [5.41, 5.74) is 2.29. The van der Waals surface area contributed by atoms with Gasteiger partial charge in [0.1, 0.15) is 5.75 Å². The van der Waals surface area contributed by atoms with E-state index in [-0.39, 0.29) is 18.2 Å². The Hall–Kier alpha value is -1.55. The molecular formula is C16H25NO3. The maximum absolute atomic E-state index is 11.6. The molecule has 1 amide bonds. The van der Waals surface area contributed by atoms with Crippen molar-refractivity contribution in [3.8, 4) is 5.75 Å². The zero-order chi connectivity index (χ0) is 15.1. The molecule has 0 radical (unpaired) electrons. The zero-order valence-corrected chi connectivity index (χ0v) is 12.8. The molecule has 0 saturated carbocycles. The minimum Gasteiger partial charge on any atom is -0.493 e. The number of benzene rings is 1. The molecule has 0 spiro atoms. The van der Waals surface area contributed by atoms with E-state index >= 15 is 0 Å². The van der Waals surface area contributed by atoms with Crippen molar-refractivity contribution in [1.29, 1.82) is 0 Å². The first-order valence-corrected chi connectivity index (χ1v) is 7.04. The van der Waals surface area contributed by atoms with Gasteiger partial charge < -0.3 is 15.2 Å². The highest BCUT2D eigenvalue weighted by Gasteiger charge is 2.10. The van der Waals surface area contributed by atoms with Crippen LogP contribution in [0.15, 0.2) is 18.2 Å². The summed E-state index contributed by atoms with van der Waals surface area (Å²) in [6, 6.07) is 5.98. The lowest BCUT2D eigenvalue weighted by molar-refractivity contribution is -0.122. The molecule has 0 aromatic heterocycles. The standard InChI is InChI=1S/C16H25NO3/c1-11(2)15(18)10-17-16(19)5-6-20-14-8-12(3)7-13(4)9-14/h7-9,11,15,18H,5-6,10H2,1-4H3,(H,17,19). The molecule has 1 aromatic rings. The third-order valence-electron chi connectivity index (χ3n) is 3.07. The van der Waals surface area contributed by atoms with E-state index in [1.165, 1.54) is 0 Å². The molecule has 0 heterocycles. The van der Waals surface area contributed by atoms with Crippen molar-refractivity contribution >= 4 is 5.91 Å². The van der Waals surface area contributed by atoms with Crippen molar-refractivity contribution in [3.63, 3.8) is 0 Å². The highest BCUT2D eigenvalue weighted by molar-refractivity contribution is 5.76. The van der Waals surface area contributed by atoms with Gasteiger partial charge in [-0.25, -0.2) is 0 Å². The second kappa shape index (κ2) is 7.90. The van der Waals surface area contributed by atoms with E-state index in [0.29, 0.717) is 13.2 Å². The molecule has 0 bridgehead atoms. The quantitative estimate of drug-likeness (QED) is 0.804. The summed E-state index contributed by atoms with van der Waals surface area (Å²) in [5.74, 6) is 0.827. The average Bonchev–Trinajstić information content (AvgIpc) is 2.34. The van der Waals surface area contributed by atoms with Crippen molar-refractivity contribution < 1.29 is 14.6 Å². The molecule has 1 unspecified atom stereocenters. The van der Waals surface area contributed by atoms with E-state index in [2.05, 4.69) is 11.4 Å². The lowest BCUT2D eigenvalue weighted by Gasteiger charge is -2.15. The lowest BCUT2D eigenvalue weighted by atomic mass is 10.1. The predicted octanol–water partition coefficient (Wildman–Crippen LogP) is 2.21. The van der Waals surface area contributed by atoms with Gasteiger partial charge in [0, 0.05) is 6.54 Å². The third-order valence-corrected chi connectivity index (χ3v) is 3.07. The lowest BCUT2D eigenvalue weighted by Crippen LogP contribution is -2.35. The molecule has 2 N–H and O–H groups in total. The van der Waals surface area contributed by atoms with Gasteiger partial charge >= 0.3 is 0 Å². The molecule has 112 valence electrons. The number of aryl methyl sites for hydroxylation is 2. The number of hydrogen-bond acceptors (Lipinski definition) is 3. The van der Waals surface area contributed by atoms with Crippen LogP contribution in [0.4, 0.5) is 0 Å². The number of carbonyl (C=O) groups excluding carboxylic acids is 1. The van der Waals surface area contributed by atoms with Crippen LogP contribution in [0, 0.1) is 19.8 Å². The fraction of sp³-hybridized carbons (Fsp3) is 0.562. The van der Waals surface area contributed by atoms with E-state index in [4.69, 9.17) is 4.74 Å². The number of rotatable bonds is 7. The van der Waals surface area contributed by atoms with Crippen LogP contribution < -0.4 is 10.1 Å². The first-order valence-electron chi connectivity index (χ1n) is 7.04. The number of nitrogens with one attached hydrogen (secondary N) is 1. The minimum atomic E-state index is -0.501. The van der Waals surface area contributed by atoms with Crippen molar-refractivity contribution in [2.24, 2.45) is 5.92 Å². The van der Waals surface area contributed by atoms with Crippen LogP contribution in [0.5, 0.6) is 5.75 Å². The fourth-order valence-electron chi connectivity index (χ4n) is 1.82. The highest BCUT2D eigenvalue weighted by Crippen LogP contribution is 2.16. The summed E-state index contributed by atoms with van der Waals surface area (Å²) in [5, 5.41) is 12.3. The molecule has 0 saturated heterocycles. The van der Waals surface area contributed by atoms with Gasteiger partial charge in [-0.3, -0.25) is 4.79 Å². The largest absolute Gasteiger partial charge is 0.493 e. The van der Waals surface area contributed by atoms with Crippen molar-refractivity contribution in [1.82, 2.24) is 5.32 Å². The van der Waals surface area contributed by atoms with Crippen LogP contribution in [0.2, 0.25) is 0 Å². The summed E-state index contributed by atoms with van der Waals surface area (Å²) in [7, 11) is 0. The van der Waals surface area contributed by atoms with Crippen molar-refractivity contribution in [3.05, 3.63) is 29.3 Å². The van der Waals surface area contributed by atoms with Gasteiger partial charge in [-0.05, 0) is 43.0 Å². The summed E-state index contributed by atoms with van der Waals surface area (Å²) < 4.78 is 5.57. The Labute approximate surface area is 121 Å². The Morgan fingerprint density at radius 3 is 2.40 bits per heavy atom. The number of aliphatic hydroxyl groups is 1. The van der Waals surface area contributed by atoms with E-state index in [9.17, 15) is 9.90 Å². The second-order valence-electron chi connectivity index (χ2n) is 5.54. The number of amides is 1. The summed E-state index contributed by atoms with van der Waals surface area (Å²) in [4.78, 5) is 11.6. The fourth-order valence-corrected chi connectivity index (χ4v) is 1.82. The third kappa shape index (κ3) is 6.06. The molecule has 1 rings (SSSR count). The molecule has 0 aliphatic heterocycles. The van der Waals surface area contributed by atoms with E-state index in [1.54, 1.807) is 0 Å². The van der Waals surface area contributed by atoms with Crippen LogP contribution >= 0.6 is 0 Å². The van der Waals surface area contributed by atoms with Gasteiger partial charge in [-0.15, -0.1) is 0 Å². The summed E-state index contributed by atoms with van der Waals surface area (Å²) >= 11 is 0. The molecule has 1 atom stereocenters. The topological polar surface area (TPSA) is 58.6 Å². The van der Waals surface area contributed by atoms with Crippen molar-refractivity contribution in [2.75, 3.05) is 13.2 Å². The molecule has 0 aliphatic carbocycles. The Bertz CT molecular complexity index is 423. The SMILES string of the molecule is Cc1cc(C)cc(OCCC(=O)NCC(O)C(C)C)c1. The van der Waals surface area contributed by atoms with Gasteiger partial charge in [-0.1, -0.05) is 19.9 Å².